The van der Waals surface area contributed by atoms with Crippen LogP contribution in [0.3, 0.4) is 0 Å². The molecule has 0 amide bonds. The van der Waals surface area contributed by atoms with Gasteiger partial charge in [0.15, 0.2) is 0 Å². The molecule has 55 heavy (non-hydrogen) atoms. The molecule has 0 aliphatic rings. The van der Waals surface area contributed by atoms with E-state index < -0.39 is 4.92 Å². The van der Waals surface area contributed by atoms with Gasteiger partial charge in [-0.3, -0.25) is 14.9 Å². The average molecular weight is 774 g/mol. The maximum absolute atomic E-state index is 12.4. The molecule has 1 rings (SSSR count). The van der Waals surface area contributed by atoms with Crippen LogP contribution >= 0.6 is 0 Å². The Labute approximate surface area is 339 Å². The Bertz CT molecular complexity index is 970. The summed E-state index contributed by atoms with van der Waals surface area (Å²) in [5.74, 6) is -0.334. The number of carbonyl (C=O) groups is 1. The fraction of sp³-hybridized carbons (Fsp3) is 0.854. The van der Waals surface area contributed by atoms with Crippen molar-refractivity contribution in [1.29, 1.82) is 0 Å². The van der Waals surface area contributed by atoms with Gasteiger partial charge in [0.2, 0.25) is 0 Å². The van der Waals surface area contributed by atoms with Crippen LogP contribution in [0.15, 0.2) is 24.3 Å². The third kappa shape index (κ3) is 34.9. The summed E-state index contributed by atoms with van der Waals surface area (Å²) in [6.45, 7) is 6.83. The Kier molecular flexibility index (Phi) is 37.3. The van der Waals surface area contributed by atoms with E-state index in [9.17, 15) is 14.9 Å². The Morgan fingerprint density at radius 3 is 1.27 bits per heavy atom. The van der Waals surface area contributed by atoms with Gasteiger partial charge in [-0.05, 0) is 18.4 Å². The van der Waals surface area contributed by atoms with Crippen LogP contribution in [0.4, 0.5) is 5.69 Å². The molecule has 0 heterocycles. The lowest BCUT2D eigenvalue weighted by molar-refractivity contribution is -0.384. The van der Waals surface area contributed by atoms with Crippen molar-refractivity contribution in [3.05, 3.63) is 39.9 Å². The van der Waals surface area contributed by atoms with Crippen molar-refractivity contribution in [3.63, 3.8) is 0 Å². The number of benzene rings is 1. The standard InChI is InChI=1S/C48H87NO6/c1-3-5-7-9-11-13-15-17-19-21-23-25-27-29-31-33-40-53-44-47(39-42-55-48(50)43-45-35-37-46(38-36-45)49(51)52)54-41-34-32-30-28-26-24-22-20-18-16-14-12-10-8-6-4-2/h35-38,47H,3-34,39-44H2,1-2H3/t47-/m0/s1. The number of non-ortho nitro benzene ring substituents is 1. The fourth-order valence-electron chi connectivity index (χ4n) is 7.34. The molecule has 0 spiro atoms. The topological polar surface area (TPSA) is 87.9 Å². The molecular formula is C48H87NO6. The molecule has 0 fully saturated rings. The molecular weight excluding hydrogens is 687 g/mol. The number of nitrogens with zero attached hydrogens (tertiary/aromatic N) is 1. The summed E-state index contributed by atoms with van der Waals surface area (Å²) >= 11 is 0. The summed E-state index contributed by atoms with van der Waals surface area (Å²) in [5.41, 5.74) is 0.718. The summed E-state index contributed by atoms with van der Waals surface area (Å²) in [7, 11) is 0. The van der Waals surface area contributed by atoms with Crippen LogP contribution in [0.5, 0.6) is 0 Å². The zero-order chi connectivity index (χ0) is 39.7. The number of rotatable bonds is 43. The quantitative estimate of drug-likeness (QED) is 0.0284. The van der Waals surface area contributed by atoms with Crippen molar-refractivity contribution in [3.8, 4) is 0 Å². The summed E-state index contributed by atoms with van der Waals surface area (Å²) in [4.78, 5) is 22.9. The first-order valence-corrected chi connectivity index (χ1v) is 23.6. The molecule has 1 atom stereocenters. The normalized spacial score (nSPS) is 12.0. The first-order chi connectivity index (χ1) is 27.1. The van der Waals surface area contributed by atoms with Gasteiger partial charge in [-0.25, -0.2) is 0 Å². The molecule has 1 aromatic rings. The largest absolute Gasteiger partial charge is 0.465 e. The van der Waals surface area contributed by atoms with Gasteiger partial charge in [0, 0.05) is 31.8 Å². The van der Waals surface area contributed by atoms with E-state index in [1.54, 1.807) is 12.1 Å². The third-order valence-corrected chi connectivity index (χ3v) is 11.0. The molecule has 0 aliphatic carbocycles. The Hall–Kier alpha value is -1.99. The van der Waals surface area contributed by atoms with Crippen LogP contribution in [0.25, 0.3) is 0 Å². The maximum atomic E-state index is 12.4. The van der Waals surface area contributed by atoms with E-state index in [0.29, 0.717) is 25.2 Å². The Morgan fingerprint density at radius 2 is 0.891 bits per heavy atom. The molecule has 0 aliphatic heterocycles. The zero-order valence-electron chi connectivity index (χ0n) is 36.2. The highest BCUT2D eigenvalue weighted by atomic mass is 16.6. The number of hydrogen-bond donors (Lipinski definition) is 0. The van der Waals surface area contributed by atoms with Gasteiger partial charge in [-0.1, -0.05) is 219 Å². The second-order valence-corrected chi connectivity index (χ2v) is 16.3. The van der Waals surface area contributed by atoms with Crippen molar-refractivity contribution < 1.29 is 23.9 Å². The molecule has 7 heteroatoms. The van der Waals surface area contributed by atoms with Crippen LogP contribution < -0.4 is 0 Å². The molecule has 0 saturated carbocycles. The van der Waals surface area contributed by atoms with Crippen LogP contribution in [0, 0.1) is 10.1 Å². The number of carbonyl (C=O) groups excluding carboxylic acids is 1. The number of esters is 1. The lowest BCUT2D eigenvalue weighted by atomic mass is 10.0. The van der Waals surface area contributed by atoms with Gasteiger partial charge >= 0.3 is 5.97 Å². The van der Waals surface area contributed by atoms with Gasteiger partial charge in [-0.2, -0.15) is 0 Å². The molecule has 0 radical (unpaired) electrons. The Balaban J connectivity index is 2.17. The number of nitro benzene ring substituents is 1. The second kappa shape index (κ2) is 40.2. The molecule has 320 valence electrons. The minimum absolute atomic E-state index is 0.0149. The first-order valence-electron chi connectivity index (χ1n) is 23.6. The SMILES string of the molecule is CCCCCCCCCCCCCCCCCCOC[C@H](CCOC(=O)Cc1ccc([N+](=O)[O-])cc1)OCCCCCCCCCCCCCCCCCC. The molecule has 0 bridgehead atoms. The van der Waals surface area contributed by atoms with Crippen LogP contribution in [0.2, 0.25) is 0 Å². The maximum Gasteiger partial charge on any atom is 0.310 e. The number of hydrogen-bond acceptors (Lipinski definition) is 6. The monoisotopic (exact) mass is 774 g/mol. The van der Waals surface area contributed by atoms with E-state index in [4.69, 9.17) is 14.2 Å². The molecule has 7 nitrogen and oxygen atoms in total. The summed E-state index contributed by atoms with van der Waals surface area (Å²) in [6.07, 6.45) is 43.9. The van der Waals surface area contributed by atoms with E-state index in [-0.39, 0.29) is 30.8 Å². The van der Waals surface area contributed by atoms with Gasteiger partial charge in [0.1, 0.15) is 0 Å². The second-order valence-electron chi connectivity index (χ2n) is 16.3. The minimum Gasteiger partial charge on any atom is -0.465 e. The fourth-order valence-corrected chi connectivity index (χ4v) is 7.34. The molecule has 1 aromatic carbocycles. The minimum atomic E-state index is -0.440. The van der Waals surface area contributed by atoms with Gasteiger partial charge in [0.05, 0.1) is 30.7 Å². The summed E-state index contributed by atoms with van der Waals surface area (Å²) in [5, 5.41) is 10.9. The zero-order valence-corrected chi connectivity index (χ0v) is 36.2. The van der Waals surface area contributed by atoms with Crippen molar-refractivity contribution in [2.75, 3.05) is 26.4 Å². The number of unbranched alkanes of at least 4 members (excludes halogenated alkanes) is 30. The van der Waals surface area contributed by atoms with Gasteiger partial charge in [0.25, 0.3) is 5.69 Å². The Morgan fingerprint density at radius 1 is 0.527 bits per heavy atom. The predicted octanol–water partition coefficient (Wildman–Crippen LogP) is 15.0. The van der Waals surface area contributed by atoms with Crippen LogP contribution in [0.1, 0.15) is 231 Å². The summed E-state index contributed by atoms with van der Waals surface area (Å²) < 4.78 is 17.8. The van der Waals surface area contributed by atoms with E-state index in [2.05, 4.69) is 13.8 Å². The van der Waals surface area contributed by atoms with Crippen molar-refractivity contribution in [1.82, 2.24) is 0 Å². The number of ether oxygens (including phenoxy) is 3. The van der Waals surface area contributed by atoms with E-state index in [0.717, 1.165) is 19.4 Å². The highest BCUT2D eigenvalue weighted by molar-refractivity contribution is 5.72. The van der Waals surface area contributed by atoms with Gasteiger partial charge in [-0.15, -0.1) is 0 Å². The van der Waals surface area contributed by atoms with Crippen LogP contribution in [-0.4, -0.2) is 43.4 Å². The molecule has 0 aromatic heterocycles. The van der Waals surface area contributed by atoms with Crippen molar-refractivity contribution >= 4 is 11.7 Å². The first kappa shape index (κ1) is 51.0. The van der Waals surface area contributed by atoms with Crippen molar-refractivity contribution in [2.24, 2.45) is 0 Å². The third-order valence-electron chi connectivity index (χ3n) is 11.0. The predicted molar refractivity (Wildman–Crippen MR) is 232 cm³/mol. The molecule has 0 unspecified atom stereocenters. The lowest BCUT2D eigenvalue weighted by Crippen LogP contribution is -2.24. The highest BCUT2D eigenvalue weighted by Gasteiger charge is 2.13. The smallest absolute Gasteiger partial charge is 0.310 e. The average Bonchev–Trinajstić information content (AvgIpc) is 3.18. The van der Waals surface area contributed by atoms with Crippen LogP contribution in [-0.2, 0) is 25.4 Å². The summed E-state index contributed by atoms with van der Waals surface area (Å²) in [6, 6.07) is 6.05. The highest BCUT2D eigenvalue weighted by Crippen LogP contribution is 2.17. The van der Waals surface area contributed by atoms with Crippen molar-refractivity contribution in [2.45, 2.75) is 238 Å². The van der Waals surface area contributed by atoms with E-state index >= 15 is 0 Å². The number of nitro groups is 1. The lowest BCUT2D eigenvalue weighted by Gasteiger charge is -2.18. The van der Waals surface area contributed by atoms with E-state index in [1.165, 1.54) is 205 Å². The molecule has 0 saturated heterocycles. The van der Waals surface area contributed by atoms with Gasteiger partial charge < -0.3 is 14.2 Å². The molecule has 0 N–H and O–H groups in total. The van der Waals surface area contributed by atoms with E-state index in [1.807, 2.05) is 0 Å².